The first kappa shape index (κ1) is 16.6. The molecule has 0 saturated carbocycles. The zero-order valence-electron chi connectivity index (χ0n) is 14.5. The van der Waals surface area contributed by atoms with Crippen LogP contribution in [0.4, 0.5) is 5.82 Å². The maximum atomic E-state index is 5.49. The first-order valence-corrected chi connectivity index (χ1v) is 8.54. The molecule has 0 spiro atoms. The van der Waals surface area contributed by atoms with E-state index in [2.05, 4.69) is 40.1 Å². The van der Waals surface area contributed by atoms with Gasteiger partial charge in [0.1, 0.15) is 11.6 Å². The average Bonchev–Trinajstić information content (AvgIpc) is 3.08. The van der Waals surface area contributed by atoms with Gasteiger partial charge in [0.2, 0.25) is 0 Å². The second kappa shape index (κ2) is 7.11. The van der Waals surface area contributed by atoms with Gasteiger partial charge in [0, 0.05) is 43.8 Å². The molecule has 3 heterocycles. The average molecular weight is 320 g/mol. The summed E-state index contributed by atoms with van der Waals surface area (Å²) in [5.74, 6) is 2.14. The van der Waals surface area contributed by atoms with E-state index < -0.39 is 0 Å². The van der Waals surface area contributed by atoms with Crippen molar-refractivity contribution < 1.29 is 9.47 Å². The molecule has 6 heteroatoms. The normalized spacial score (nSPS) is 23.2. The molecule has 1 N–H and O–H groups in total. The van der Waals surface area contributed by atoms with Crippen LogP contribution in [0.25, 0.3) is 0 Å². The summed E-state index contributed by atoms with van der Waals surface area (Å²) in [4.78, 5) is 11.6. The van der Waals surface area contributed by atoms with Gasteiger partial charge in [-0.05, 0) is 27.2 Å². The van der Waals surface area contributed by atoms with Crippen molar-refractivity contribution in [2.75, 3.05) is 51.4 Å². The van der Waals surface area contributed by atoms with E-state index in [4.69, 9.17) is 9.47 Å². The number of nitrogens with one attached hydrogen (secondary N) is 1. The predicted molar refractivity (Wildman–Crippen MR) is 89.9 cm³/mol. The molecule has 3 rings (SSSR count). The number of anilines is 1. The van der Waals surface area contributed by atoms with E-state index in [1.54, 1.807) is 0 Å². The standard InChI is InChI=1S/C17H28N4O2/c1-13-19-15(14-4-7-23-11-14)10-16(20-13)18-12-17(2,3)21-5-8-22-9-6-21/h10,14H,4-9,11-12H2,1-3H3,(H,18,19,20)/t14-/m1/s1. The van der Waals surface area contributed by atoms with Crippen molar-refractivity contribution in [3.63, 3.8) is 0 Å². The summed E-state index contributed by atoms with van der Waals surface area (Å²) < 4.78 is 10.9. The SMILES string of the molecule is Cc1nc(NCC(C)(C)N2CCOCC2)cc([C@@H]2CCOC2)n1. The van der Waals surface area contributed by atoms with Gasteiger partial charge >= 0.3 is 0 Å². The minimum absolute atomic E-state index is 0.0687. The predicted octanol–water partition coefficient (Wildman–Crippen LogP) is 1.81. The maximum absolute atomic E-state index is 5.49. The molecule has 2 saturated heterocycles. The molecule has 0 unspecified atom stereocenters. The number of nitrogens with zero attached hydrogens (tertiary/aromatic N) is 3. The summed E-state index contributed by atoms with van der Waals surface area (Å²) in [6.45, 7) is 12.6. The zero-order chi connectivity index (χ0) is 16.3. The molecule has 0 radical (unpaired) electrons. The van der Waals surface area contributed by atoms with E-state index in [1.165, 1.54) is 0 Å². The third-order valence-corrected chi connectivity index (χ3v) is 4.77. The van der Waals surface area contributed by atoms with Crippen LogP contribution in [0.3, 0.4) is 0 Å². The highest BCUT2D eigenvalue weighted by Crippen LogP contribution is 2.25. The van der Waals surface area contributed by atoms with Crippen molar-refractivity contribution in [3.05, 3.63) is 17.6 Å². The smallest absolute Gasteiger partial charge is 0.130 e. The molecule has 128 valence electrons. The number of hydrogen-bond acceptors (Lipinski definition) is 6. The number of aromatic nitrogens is 2. The van der Waals surface area contributed by atoms with Crippen molar-refractivity contribution in [2.24, 2.45) is 0 Å². The molecule has 0 bridgehead atoms. The Balaban J connectivity index is 1.65. The summed E-state index contributed by atoms with van der Waals surface area (Å²) in [5.41, 5.74) is 1.17. The van der Waals surface area contributed by atoms with Crippen molar-refractivity contribution in [1.29, 1.82) is 0 Å². The second-order valence-electron chi connectivity index (χ2n) is 7.05. The topological polar surface area (TPSA) is 59.5 Å². The number of rotatable bonds is 5. The van der Waals surface area contributed by atoms with Crippen LogP contribution in [0, 0.1) is 6.92 Å². The summed E-state index contributed by atoms with van der Waals surface area (Å²) in [7, 11) is 0. The lowest BCUT2D eigenvalue weighted by Gasteiger charge is -2.41. The molecule has 6 nitrogen and oxygen atoms in total. The number of morpholine rings is 1. The van der Waals surface area contributed by atoms with Crippen LogP contribution in [0.15, 0.2) is 6.07 Å². The van der Waals surface area contributed by atoms with Crippen LogP contribution in [-0.2, 0) is 9.47 Å². The Morgan fingerprint density at radius 2 is 2.00 bits per heavy atom. The van der Waals surface area contributed by atoms with Crippen LogP contribution in [-0.4, -0.2) is 66.5 Å². The lowest BCUT2D eigenvalue weighted by Crippen LogP contribution is -2.53. The molecule has 1 atom stereocenters. The third-order valence-electron chi connectivity index (χ3n) is 4.77. The molecule has 0 aromatic carbocycles. The van der Waals surface area contributed by atoms with Crippen LogP contribution >= 0.6 is 0 Å². The number of ether oxygens (including phenoxy) is 2. The monoisotopic (exact) mass is 320 g/mol. The van der Waals surface area contributed by atoms with Crippen molar-refractivity contribution in [2.45, 2.75) is 38.6 Å². The van der Waals surface area contributed by atoms with Crippen molar-refractivity contribution in [3.8, 4) is 0 Å². The first-order chi connectivity index (χ1) is 11.0. The van der Waals surface area contributed by atoms with Gasteiger partial charge in [-0.3, -0.25) is 4.90 Å². The molecular weight excluding hydrogens is 292 g/mol. The second-order valence-corrected chi connectivity index (χ2v) is 7.05. The zero-order valence-corrected chi connectivity index (χ0v) is 14.5. The molecule has 2 fully saturated rings. The summed E-state index contributed by atoms with van der Waals surface area (Å²) >= 11 is 0. The van der Waals surface area contributed by atoms with E-state index in [-0.39, 0.29) is 5.54 Å². The van der Waals surface area contributed by atoms with Gasteiger partial charge in [0.25, 0.3) is 0 Å². The lowest BCUT2D eigenvalue weighted by atomic mass is 10.0. The number of aryl methyl sites for hydroxylation is 1. The fraction of sp³-hybridized carbons (Fsp3) is 0.765. The number of hydrogen-bond donors (Lipinski definition) is 1. The molecule has 0 aliphatic carbocycles. The molecule has 1 aromatic heterocycles. The van der Waals surface area contributed by atoms with Gasteiger partial charge in [-0.25, -0.2) is 9.97 Å². The highest BCUT2D eigenvalue weighted by atomic mass is 16.5. The van der Waals surface area contributed by atoms with Gasteiger partial charge in [0.05, 0.1) is 25.5 Å². The van der Waals surface area contributed by atoms with Crippen LogP contribution < -0.4 is 5.32 Å². The molecule has 1 aromatic rings. The van der Waals surface area contributed by atoms with E-state index >= 15 is 0 Å². The minimum atomic E-state index is 0.0687. The molecule has 2 aliphatic rings. The van der Waals surface area contributed by atoms with Crippen LogP contribution in [0.5, 0.6) is 0 Å². The van der Waals surface area contributed by atoms with Crippen LogP contribution in [0.1, 0.15) is 37.7 Å². The summed E-state index contributed by atoms with van der Waals surface area (Å²) in [5, 5.41) is 3.51. The highest BCUT2D eigenvalue weighted by Gasteiger charge is 2.28. The van der Waals surface area contributed by atoms with E-state index in [9.17, 15) is 0 Å². The lowest BCUT2D eigenvalue weighted by molar-refractivity contribution is -0.00570. The van der Waals surface area contributed by atoms with E-state index in [1.807, 2.05) is 6.92 Å². The molecule has 0 amide bonds. The Kier molecular flexibility index (Phi) is 5.14. The molecule has 2 aliphatic heterocycles. The fourth-order valence-corrected chi connectivity index (χ4v) is 3.25. The van der Waals surface area contributed by atoms with Gasteiger partial charge in [-0.1, -0.05) is 0 Å². The third kappa shape index (κ3) is 4.19. The van der Waals surface area contributed by atoms with Gasteiger partial charge in [0.15, 0.2) is 0 Å². The van der Waals surface area contributed by atoms with E-state index in [0.717, 1.165) is 69.8 Å². The Bertz CT molecular complexity index is 523. The fourth-order valence-electron chi connectivity index (χ4n) is 3.25. The first-order valence-electron chi connectivity index (χ1n) is 8.54. The largest absolute Gasteiger partial charge is 0.381 e. The highest BCUT2D eigenvalue weighted by molar-refractivity contribution is 5.38. The Hall–Kier alpha value is -1.24. The maximum Gasteiger partial charge on any atom is 0.130 e. The molecular formula is C17H28N4O2. The summed E-state index contributed by atoms with van der Waals surface area (Å²) in [6.07, 6.45) is 1.05. The van der Waals surface area contributed by atoms with Gasteiger partial charge in [-0.15, -0.1) is 0 Å². The van der Waals surface area contributed by atoms with Gasteiger partial charge < -0.3 is 14.8 Å². The Morgan fingerprint density at radius 1 is 1.22 bits per heavy atom. The Morgan fingerprint density at radius 3 is 2.70 bits per heavy atom. The van der Waals surface area contributed by atoms with Crippen molar-refractivity contribution in [1.82, 2.24) is 14.9 Å². The van der Waals surface area contributed by atoms with Crippen molar-refractivity contribution >= 4 is 5.82 Å². The van der Waals surface area contributed by atoms with Crippen LogP contribution in [0.2, 0.25) is 0 Å². The quantitative estimate of drug-likeness (QED) is 0.893. The van der Waals surface area contributed by atoms with E-state index in [0.29, 0.717) is 5.92 Å². The van der Waals surface area contributed by atoms with Gasteiger partial charge in [-0.2, -0.15) is 0 Å². The summed E-state index contributed by atoms with van der Waals surface area (Å²) in [6, 6.07) is 2.09. The Labute approximate surface area is 138 Å². The molecule has 23 heavy (non-hydrogen) atoms. The minimum Gasteiger partial charge on any atom is -0.381 e.